The lowest BCUT2D eigenvalue weighted by atomic mass is 10.1. The van der Waals surface area contributed by atoms with Crippen molar-refractivity contribution in [3.05, 3.63) is 61.6 Å². The fraction of sp³-hybridized carbons (Fsp3) is 0.364. The number of nitrogens with zero attached hydrogens (tertiary/aromatic N) is 2. The van der Waals surface area contributed by atoms with Crippen molar-refractivity contribution in [1.82, 2.24) is 10.2 Å². The first-order chi connectivity index (χ1) is 15.3. The van der Waals surface area contributed by atoms with Crippen LogP contribution in [0.1, 0.15) is 26.3 Å². The zero-order chi connectivity index (χ0) is 24.9. The average molecular weight is 626 g/mol. The minimum absolute atomic E-state index is 0.00576. The fourth-order valence-corrected chi connectivity index (χ4v) is 4.72. The molecule has 1 N–H and O–H groups in total. The topological polar surface area (TPSA) is 86.8 Å². The first-order valence-corrected chi connectivity index (χ1v) is 13.7. The summed E-state index contributed by atoms with van der Waals surface area (Å²) in [5, 5.41) is 3.57. The van der Waals surface area contributed by atoms with Crippen molar-refractivity contribution in [2.45, 2.75) is 39.4 Å². The first-order valence-electron chi connectivity index (χ1n) is 10.1. The molecule has 7 nitrogen and oxygen atoms in total. The Bertz CT molecular complexity index is 1110. The van der Waals surface area contributed by atoms with Gasteiger partial charge in [-0.15, -0.1) is 0 Å². The molecular weight excluding hydrogens is 600 g/mol. The third kappa shape index (κ3) is 8.01. The minimum Gasteiger partial charge on any atom is -0.352 e. The number of sulfonamides is 1. The van der Waals surface area contributed by atoms with E-state index in [4.69, 9.17) is 23.2 Å². The number of amides is 2. The van der Waals surface area contributed by atoms with Gasteiger partial charge in [0.05, 0.1) is 11.9 Å². The van der Waals surface area contributed by atoms with Gasteiger partial charge in [0.15, 0.2) is 0 Å². The van der Waals surface area contributed by atoms with E-state index in [2.05, 4.69) is 27.9 Å². The molecule has 1 atom stereocenters. The Labute approximate surface area is 218 Å². The molecule has 0 saturated heterocycles. The quantitative estimate of drug-likeness (QED) is 0.421. The van der Waals surface area contributed by atoms with Crippen LogP contribution in [0.15, 0.2) is 42.5 Å². The number of nitrogens with one attached hydrogen (secondary N) is 1. The van der Waals surface area contributed by atoms with Crippen LogP contribution < -0.4 is 9.62 Å². The van der Waals surface area contributed by atoms with Gasteiger partial charge in [0, 0.05) is 26.2 Å². The van der Waals surface area contributed by atoms with E-state index >= 15 is 0 Å². The van der Waals surface area contributed by atoms with Crippen LogP contribution in [0.5, 0.6) is 0 Å². The van der Waals surface area contributed by atoms with Gasteiger partial charge in [-0.3, -0.25) is 13.9 Å². The SMILES string of the molecule is CC(C)NC(=O)C(C)N(Cc1ccc(Cl)cc1Cl)C(=O)CN(c1ccc(I)cc1)S(C)(=O)=O. The summed E-state index contributed by atoms with van der Waals surface area (Å²) < 4.78 is 27.0. The number of carbonyl (C=O) groups is 2. The number of hydrogen-bond acceptors (Lipinski definition) is 4. The highest BCUT2D eigenvalue weighted by molar-refractivity contribution is 14.1. The normalized spacial score (nSPS) is 12.4. The smallest absolute Gasteiger partial charge is 0.244 e. The lowest BCUT2D eigenvalue weighted by Gasteiger charge is -2.32. The van der Waals surface area contributed by atoms with E-state index in [1.807, 2.05) is 13.8 Å². The van der Waals surface area contributed by atoms with E-state index < -0.39 is 28.5 Å². The van der Waals surface area contributed by atoms with Crippen molar-refractivity contribution in [1.29, 1.82) is 0 Å². The van der Waals surface area contributed by atoms with Crippen molar-refractivity contribution < 1.29 is 18.0 Å². The van der Waals surface area contributed by atoms with Crippen molar-refractivity contribution in [2.24, 2.45) is 0 Å². The highest BCUT2D eigenvalue weighted by Gasteiger charge is 2.30. The molecule has 2 amide bonds. The summed E-state index contributed by atoms with van der Waals surface area (Å²) in [6, 6.07) is 10.6. The van der Waals surface area contributed by atoms with Crippen molar-refractivity contribution in [2.75, 3.05) is 17.1 Å². The maximum absolute atomic E-state index is 13.4. The van der Waals surface area contributed by atoms with Gasteiger partial charge in [-0.05, 0) is 85.3 Å². The molecule has 0 aliphatic heterocycles. The van der Waals surface area contributed by atoms with Gasteiger partial charge in [0.1, 0.15) is 12.6 Å². The van der Waals surface area contributed by atoms with Gasteiger partial charge in [0.2, 0.25) is 21.8 Å². The van der Waals surface area contributed by atoms with Crippen LogP contribution in [0.3, 0.4) is 0 Å². The van der Waals surface area contributed by atoms with Crippen LogP contribution in [0.2, 0.25) is 10.0 Å². The van der Waals surface area contributed by atoms with Gasteiger partial charge in [0.25, 0.3) is 0 Å². The van der Waals surface area contributed by atoms with E-state index in [1.54, 1.807) is 49.4 Å². The average Bonchev–Trinajstić information content (AvgIpc) is 2.70. The van der Waals surface area contributed by atoms with Gasteiger partial charge in [-0.25, -0.2) is 8.42 Å². The second-order valence-corrected chi connectivity index (χ2v) is 11.8. The van der Waals surface area contributed by atoms with Crippen molar-refractivity contribution in [3.63, 3.8) is 0 Å². The zero-order valence-electron chi connectivity index (χ0n) is 18.7. The summed E-state index contributed by atoms with van der Waals surface area (Å²) in [5.41, 5.74) is 0.939. The number of anilines is 1. The molecule has 0 fully saturated rings. The molecule has 2 aromatic rings. The number of carbonyl (C=O) groups excluding carboxylic acids is 2. The van der Waals surface area contributed by atoms with Crippen LogP contribution in [0, 0.1) is 3.57 Å². The third-order valence-corrected chi connectivity index (χ3v) is 7.19. The standard InChI is InChI=1S/C22H26Cl2IN3O4S/c1-14(2)26-22(30)15(3)27(12-16-5-6-17(23)11-20(16)24)21(29)13-28(33(4,31)32)19-9-7-18(25)8-10-19/h5-11,14-15H,12-13H2,1-4H3,(H,26,30). The Morgan fingerprint density at radius 3 is 2.18 bits per heavy atom. The van der Waals surface area contributed by atoms with Crippen LogP contribution >= 0.6 is 45.8 Å². The molecule has 33 heavy (non-hydrogen) atoms. The van der Waals surface area contributed by atoms with Gasteiger partial charge < -0.3 is 10.2 Å². The molecule has 0 aliphatic carbocycles. The largest absolute Gasteiger partial charge is 0.352 e. The zero-order valence-corrected chi connectivity index (χ0v) is 23.2. The maximum atomic E-state index is 13.4. The van der Waals surface area contributed by atoms with E-state index in [0.717, 1.165) is 14.1 Å². The molecule has 180 valence electrons. The predicted molar refractivity (Wildman–Crippen MR) is 141 cm³/mol. The van der Waals surface area contributed by atoms with Gasteiger partial charge >= 0.3 is 0 Å². The fourth-order valence-electron chi connectivity index (χ4n) is 3.04. The molecule has 11 heteroatoms. The van der Waals surface area contributed by atoms with Crippen molar-refractivity contribution in [3.8, 4) is 0 Å². The molecule has 0 saturated carbocycles. The molecule has 0 bridgehead atoms. The highest BCUT2D eigenvalue weighted by Crippen LogP contribution is 2.24. The van der Waals surface area contributed by atoms with E-state index in [9.17, 15) is 18.0 Å². The summed E-state index contributed by atoms with van der Waals surface area (Å²) in [7, 11) is -3.77. The van der Waals surface area contributed by atoms with Crippen molar-refractivity contribution >= 4 is 73.3 Å². The summed E-state index contributed by atoms with van der Waals surface area (Å²) in [5.74, 6) is -0.903. The summed E-state index contributed by atoms with van der Waals surface area (Å²) in [6.45, 7) is 4.76. The Kier molecular flexibility index (Phi) is 9.83. The first kappa shape index (κ1) is 27.7. The Hall–Kier alpha value is -1.56. The molecule has 0 heterocycles. The van der Waals surface area contributed by atoms with Crippen LogP contribution in [-0.4, -0.2) is 50.0 Å². The molecule has 2 aromatic carbocycles. The predicted octanol–water partition coefficient (Wildman–Crippen LogP) is 4.31. The monoisotopic (exact) mass is 625 g/mol. The molecule has 0 aliphatic rings. The minimum atomic E-state index is -3.77. The number of hydrogen-bond donors (Lipinski definition) is 1. The second-order valence-electron chi connectivity index (χ2n) is 7.84. The summed E-state index contributed by atoms with van der Waals surface area (Å²) >= 11 is 14.4. The Morgan fingerprint density at radius 2 is 1.67 bits per heavy atom. The third-order valence-electron chi connectivity index (χ3n) is 4.75. The molecule has 1 unspecified atom stereocenters. The number of halogens is 3. The lowest BCUT2D eigenvalue weighted by Crippen LogP contribution is -2.52. The Morgan fingerprint density at radius 1 is 1.06 bits per heavy atom. The van der Waals surface area contributed by atoms with E-state index in [0.29, 0.717) is 21.3 Å². The maximum Gasteiger partial charge on any atom is 0.244 e. The molecular formula is C22H26Cl2IN3O4S. The van der Waals surface area contributed by atoms with E-state index in [-0.39, 0.29) is 18.5 Å². The molecule has 0 spiro atoms. The lowest BCUT2D eigenvalue weighted by molar-refractivity contribution is -0.139. The van der Waals surface area contributed by atoms with Gasteiger partial charge in [-0.1, -0.05) is 29.3 Å². The number of rotatable bonds is 9. The van der Waals surface area contributed by atoms with Crippen LogP contribution in [-0.2, 0) is 26.2 Å². The molecule has 2 rings (SSSR count). The molecule has 0 radical (unpaired) electrons. The molecule has 0 aromatic heterocycles. The van der Waals surface area contributed by atoms with Crippen LogP contribution in [0.4, 0.5) is 5.69 Å². The highest BCUT2D eigenvalue weighted by atomic mass is 127. The van der Waals surface area contributed by atoms with E-state index in [1.165, 1.54) is 4.90 Å². The number of benzene rings is 2. The Balaban J connectivity index is 2.41. The summed E-state index contributed by atoms with van der Waals surface area (Å²) in [4.78, 5) is 27.5. The van der Waals surface area contributed by atoms with Gasteiger partial charge in [-0.2, -0.15) is 0 Å². The summed E-state index contributed by atoms with van der Waals surface area (Å²) in [6.07, 6.45) is 1.04. The van der Waals surface area contributed by atoms with Crippen LogP contribution in [0.25, 0.3) is 0 Å². The second kappa shape index (κ2) is 11.7.